The van der Waals surface area contributed by atoms with Gasteiger partial charge in [0.15, 0.2) is 0 Å². The van der Waals surface area contributed by atoms with Crippen molar-refractivity contribution >= 4 is 22.6 Å². The Morgan fingerprint density at radius 1 is 0.933 bits per heavy atom. The lowest BCUT2D eigenvalue weighted by Gasteiger charge is -2.33. The van der Waals surface area contributed by atoms with E-state index in [2.05, 4.69) is 23.5 Å². The average molecular weight is 401 g/mol. The van der Waals surface area contributed by atoms with Crippen LogP contribution in [0.1, 0.15) is 30.5 Å². The summed E-state index contributed by atoms with van der Waals surface area (Å²) in [6.45, 7) is 5.27. The fraction of sp³-hybridized carbons (Fsp3) is 0.308. The van der Waals surface area contributed by atoms with Gasteiger partial charge < -0.3 is 10.2 Å². The monoisotopic (exact) mass is 400 g/mol. The van der Waals surface area contributed by atoms with E-state index >= 15 is 0 Å². The highest BCUT2D eigenvalue weighted by Crippen LogP contribution is 2.21. The zero-order valence-electron chi connectivity index (χ0n) is 17.6. The molecule has 3 aromatic rings. The third-order valence-electron chi connectivity index (χ3n) is 5.87. The third-order valence-corrected chi connectivity index (χ3v) is 5.87. The fourth-order valence-electron chi connectivity index (χ4n) is 4.15. The van der Waals surface area contributed by atoms with Crippen LogP contribution in [0.15, 0.2) is 66.7 Å². The summed E-state index contributed by atoms with van der Waals surface area (Å²) in [5.74, 6) is -0.0867. The Hall–Kier alpha value is -3.14. The highest BCUT2D eigenvalue weighted by molar-refractivity contribution is 5.90. The van der Waals surface area contributed by atoms with Crippen molar-refractivity contribution in [2.24, 2.45) is 5.92 Å². The van der Waals surface area contributed by atoms with E-state index < -0.39 is 6.04 Å². The molecule has 0 aliphatic carbocycles. The third kappa shape index (κ3) is 4.38. The first-order chi connectivity index (χ1) is 14.5. The van der Waals surface area contributed by atoms with E-state index in [0.717, 1.165) is 22.8 Å². The topological polar surface area (TPSA) is 49.4 Å². The lowest BCUT2D eigenvalue weighted by atomic mass is 9.97. The molecule has 1 N–H and O–H groups in total. The minimum atomic E-state index is -0.511. The van der Waals surface area contributed by atoms with Crippen molar-refractivity contribution in [2.75, 3.05) is 6.54 Å². The molecule has 1 aliphatic heterocycles. The van der Waals surface area contributed by atoms with Crippen LogP contribution in [0.5, 0.6) is 0 Å². The Bertz CT molecular complexity index is 1070. The van der Waals surface area contributed by atoms with Gasteiger partial charge in [0.25, 0.3) is 0 Å². The van der Waals surface area contributed by atoms with Gasteiger partial charge in [-0.3, -0.25) is 9.59 Å². The molecule has 0 saturated carbocycles. The minimum Gasteiger partial charge on any atom is -0.344 e. The summed E-state index contributed by atoms with van der Waals surface area (Å²) in [7, 11) is 0. The molecule has 3 aromatic carbocycles. The van der Waals surface area contributed by atoms with Gasteiger partial charge >= 0.3 is 0 Å². The van der Waals surface area contributed by atoms with Crippen molar-refractivity contribution in [3.8, 4) is 0 Å². The van der Waals surface area contributed by atoms with E-state index in [9.17, 15) is 9.59 Å². The lowest BCUT2D eigenvalue weighted by molar-refractivity contribution is -0.138. The Morgan fingerprint density at radius 2 is 1.63 bits per heavy atom. The fourth-order valence-corrected chi connectivity index (χ4v) is 4.15. The smallest absolute Gasteiger partial charge is 0.245 e. The van der Waals surface area contributed by atoms with Gasteiger partial charge in [0.05, 0.1) is 6.42 Å². The number of carbonyl (C=O) groups excluding carboxylic acids is 2. The van der Waals surface area contributed by atoms with Crippen molar-refractivity contribution < 1.29 is 9.59 Å². The molecule has 0 radical (unpaired) electrons. The van der Waals surface area contributed by atoms with Crippen molar-refractivity contribution in [3.63, 3.8) is 0 Å². The van der Waals surface area contributed by atoms with Crippen LogP contribution in [0.25, 0.3) is 10.8 Å². The van der Waals surface area contributed by atoms with E-state index in [-0.39, 0.29) is 24.2 Å². The molecule has 30 heavy (non-hydrogen) atoms. The zero-order valence-corrected chi connectivity index (χ0v) is 17.6. The zero-order chi connectivity index (χ0) is 21.1. The molecular weight excluding hydrogens is 372 g/mol. The van der Waals surface area contributed by atoms with Crippen LogP contribution in [-0.2, 0) is 29.0 Å². The van der Waals surface area contributed by atoms with Crippen LogP contribution in [-0.4, -0.2) is 29.3 Å². The molecule has 1 atom stereocenters. The Balaban J connectivity index is 1.43. The molecule has 0 spiro atoms. The molecular formula is C26H28N2O2. The predicted molar refractivity (Wildman–Crippen MR) is 120 cm³/mol. The molecule has 4 rings (SSSR count). The van der Waals surface area contributed by atoms with Crippen LogP contribution >= 0.6 is 0 Å². The van der Waals surface area contributed by atoms with Crippen LogP contribution in [0, 0.1) is 5.92 Å². The predicted octanol–water partition coefficient (Wildman–Crippen LogP) is 4.11. The van der Waals surface area contributed by atoms with E-state index in [1.807, 2.05) is 67.3 Å². The van der Waals surface area contributed by atoms with Gasteiger partial charge in [-0.2, -0.15) is 0 Å². The largest absolute Gasteiger partial charge is 0.344 e. The minimum absolute atomic E-state index is 0.00589. The number of benzene rings is 3. The van der Waals surface area contributed by atoms with Gasteiger partial charge in [-0.25, -0.2) is 0 Å². The van der Waals surface area contributed by atoms with Gasteiger partial charge in [0.2, 0.25) is 11.8 Å². The van der Waals surface area contributed by atoms with Gasteiger partial charge in [0, 0.05) is 13.1 Å². The van der Waals surface area contributed by atoms with Crippen molar-refractivity contribution in [3.05, 3.63) is 83.4 Å². The molecule has 4 heteroatoms. The summed E-state index contributed by atoms with van der Waals surface area (Å²) in [4.78, 5) is 27.9. The molecule has 0 bridgehead atoms. The lowest BCUT2D eigenvalue weighted by Crippen LogP contribution is -2.52. The second kappa shape index (κ2) is 8.70. The maximum Gasteiger partial charge on any atom is 0.245 e. The van der Waals surface area contributed by atoms with Crippen molar-refractivity contribution in [2.45, 2.75) is 39.3 Å². The van der Waals surface area contributed by atoms with E-state index in [1.54, 1.807) is 0 Å². The number of nitrogens with zero attached hydrogens (tertiary/aromatic N) is 1. The molecule has 0 aromatic heterocycles. The molecule has 1 aliphatic rings. The molecule has 4 nitrogen and oxygen atoms in total. The number of hydrogen-bond acceptors (Lipinski definition) is 2. The van der Waals surface area contributed by atoms with Crippen molar-refractivity contribution in [1.29, 1.82) is 0 Å². The van der Waals surface area contributed by atoms with E-state index in [4.69, 9.17) is 0 Å². The van der Waals surface area contributed by atoms with Crippen LogP contribution in [0.2, 0.25) is 0 Å². The number of fused-ring (bicyclic) bond motifs is 2. The summed E-state index contributed by atoms with van der Waals surface area (Å²) < 4.78 is 0. The maximum absolute atomic E-state index is 13.2. The summed E-state index contributed by atoms with van der Waals surface area (Å²) in [5, 5.41) is 5.28. The highest BCUT2D eigenvalue weighted by atomic mass is 16.2. The standard InChI is InChI=1S/C26H28N2O2/c1-18(2)25(26(30)28-14-13-21-8-4-6-10-23(21)17-28)27-24(29)16-19-11-12-20-7-3-5-9-22(20)15-19/h3-12,15,18,25H,13-14,16-17H2,1-2H3,(H,27,29). The summed E-state index contributed by atoms with van der Waals surface area (Å²) in [6, 6.07) is 21.9. The highest BCUT2D eigenvalue weighted by Gasteiger charge is 2.30. The summed E-state index contributed by atoms with van der Waals surface area (Å²) in [6.07, 6.45) is 1.13. The second-order valence-electron chi connectivity index (χ2n) is 8.43. The first-order valence-corrected chi connectivity index (χ1v) is 10.6. The molecule has 1 unspecified atom stereocenters. The molecule has 154 valence electrons. The van der Waals surface area contributed by atoms with Gasteiger partial charge in [-0.05, 0) is 39.8 Å². The molecule has 1 heterocycles. The number of amides is 2. The number of nitrogens with one attached hydrogen (secondary N) is 1. The summed E-state index contributed by atoms with van der Waals surface area (Å²) >= 11 is 0. The maximum atomic E-state index is 13.2. The number of rotatable bonds is 5. The van der Waals surface area contributed by atoms with Gasteiger partial charge in [-0.1, -0.05) is 80.6 Å². The summed E-state index contributed by atoms with van der Waals surface area (Å²) in [5.41, 5.74) is 3.46. The van der Waals surface area contributed by atoms with Crippen molar-refractivity contribution in [1.82, 2.24) is 10.2 Å². The first kappa shape index (κ1) is 20.1. The van der Waals surface area contributed by atoms with Gasteiger partial charge in [-0.15, -0.1) is 0 Å². The van der Waals surface area contributed by atoms with Crippen LogP contribution < -0.4 is 5.32 Å². The Kier molecular flexibility index (Phi) is 5.84. The first-order valence-electron chi connectivity index (χ1n) is 10.6. The van der Waals surface area contributed by atoms with Crippen LogP contribution in [0.3, 0.4) is 0 Å². The second-order valence-corrected chi connectivity index (χ2v) is 8.43. The Morgan fingerprint density at radius 3 is 2.40 bits per heavy atom. The quantitative estimate of drug-likeness (QED) is 0.701. The number of hydrogen-bond donors (Lipinski definition) is 1. The molecule has 2 amide bonds. The average Bonchev–Trinajstić information content (AvgIpc) is 2.76. The normalized spacial score (nSPS) is 14.4. The SMILES string of the molecule is CC(C)C(NC(=O)Cc1ccc2ccccc2c1)C(=O)N1CCc2ccccc2C1. The molecule has 0 fully saturated rings. The van der Waals surface area contributed by atoms with E-state index in [0.29, 0.717) is 13.1 Å². The van der Waals surface area contributed by atoms with E-state index in [1.165, 1.54) is 11.1 Å². The number of carbonyl (C=O) groups is 2. The van der Waals surface area contributed by atoms with Crippen LogP contribution in [0.4, 0.5) is 0 Å². The molecule has 0 saturated heterocycles. The van der Waals surface area contributed by atoms with Gasteiger partial charge in [0.1, 0.15) is 6.04 Å². The Labute approximate surface area is 177 Å².